The smallest absolute Gasteiger partial charge is 0.410 e. The zero-order valence-electron chi connectivity index (χ0n) is 15.0. The number of likely N-dealkylation sites (tertiary alicyclic amines) is 1. The normalized spacial score (nSPS) is 18.3. The summed E-state index contributed by atoms with van der Waals surface area (Å²) in [4.78, 5) is 14.1. The standard InChI is InChI=1S/C20H24N2O3/c1-19(2,3)25-18(23)21-13-10-20(11-14-21)17-9-6-12-22(17)15-7-4-5-8-16(15)24-20/h4-9,12H,10-11,13-14H2,1-3H3. The molecule has 2 aliphatic heterocycles. The average molecular weight is 340 g/mol. The van der Waals surface area contributed by atoms with Crippen LogP contribution in [-0.2, 0) is 10.3 Å². The van der Waals surface area contributed by atoms with E-state index in [-0.39, 0.29) is 11.7 Å². The lowest BCUT2D eigenvalue weighted by molar-refractivity contribution is -0.0268. The molecule has 1 aromatic heterocycles. The summed E-state index contributed by atoms with van der Waals surface area (Å²) >= 11 is 0. The van der Waals surface area contributed by atoms with Gasteiger partial charge in [-0.15, -0.1) is 0 Å². The van der Waals surface area contributed by atoms with Crippen LogP contribution in [0.1, 0.15) is 39.3 Å². The number of hydrogen-bond donors (Lipinski definition) is 0. The van der Waals surface area contributed by atoms with E-state index in [2.05, 4.69) is 29.0 Å². The van der Waals surface area contributed by atoms with Gasteiger partial charge in [-0.2, -0.15) is 0 Å². The number of carbonyl (C=O) groups is 1. The Morgan fingerprint density at radius 1 is 1.12 bits per heavy atom. The molecule has 1 fully saturated rings. The van der Waals surface area contributed by atoms with Gasteiger partial charge in [0.2, 0.25) is 0 Å². The van der Waals surface area contributed by atoms with Crippen LogP contribution in [0.25, 0.3) is 5.69 Å². The van der Waals surface area contributed by atoms with E-state index in [4.69, 9.17) is 9.47 Å². The van der Waals surface area contributed by atoms with E-state index >= 15 is 0 Å². The first-order valence-corrected chi connectivity index (χ1v) is 8.82. The highest BCUT2D eigenvalue weighted by molar-refractivity contribution is 5.68. The molecule has 0 saturated carbocycles. The van der Waals surface area contributed by atoms with E-state index in [9.17, 15) is 4.79 Å². The molecule has 4 rings (SSSR count). The molecule has 1 spiro atoms. The first kappa shape index (κ1) is 16.1. The Labute approximate surface area is 148 Å². The maximum Gasteiger partial charge on any atom is 0.410 e. The first-order valence-electron chi connectivity index (χ1n) is 8.82. The largest absolute Gasteiger partial charge is 0.479 e. The van der Waals surface area contributed by atoms with Gasteiger partial charge in [-0.3, -0.25) is 0 Å². The van der Waals surface area contributed by atoms with Gasteiger partial charge in [-0.1, -0.05) is 12.1 Å². The molecule has 0 N–H and O–H groups in total. The zero-order chi connectivity index (χ0) is 17.7. The van der Waals surface area contributed by atoms with Gasteiger partial charge < -0.3 is 18.9 Å². The first-order chi connectivity index (χ1) is 11.9. The average Bonchev–Trinajstić information content (AvgIpc) is 3.05. The van der Waals surface area contributed by atoms with Crippen LogP contribution in [0.4, 0.5) is 4.79 Å². The van der Waals surface area contributed by atoms with Crippen molar-refractivity contribution in [3.8, 4) is 11.4 Å². The van der Waals surface area contributed by atoms with Crippen molar-refractivity contribution in [1.29, 1.82) is 0 Å². The van der Waals surface area contributed by atoms with Crippen LogP contribution in [0.3, 0.4) is 0 Å². The second-order valence-corrected chi connectivity index (χ2v) is 7.79. The second kappa shape index (κ2) is 5.55. The summed E-state index contributed by atoms with van der Waals surface area (Å²) in [5.41, 5.74) is 1.38. The number of nitrogens with zero attached hydrogens (tertiary/aromatic N) is 2. The van der Waals surface area contributed by atoms with Gasteiger partial charge in [0.25, 0.3) is 0 Å². The van der Waals surface area contributed by atoms with Gasteiger partial charge in [-0.25, -0.2) is 4.79 Å². The van der Waals surface area contributed by atoms with Crippen molar-refractivity contribution in [2.24, 2.45) is 0 Å². The van der Waals surface area contributed by atoms with Crippen molar-refractivity contribution in [2.75, 3.05) is 13.1 Å². The van der Waals surface area contributed by atoms with Crippen molar-refractivity contribution >= 4 is 6.09 Å². The molecule has 0 radical (unpaired) electrons. The number of rotatable bonds is 0. The van der Waals surface area contributed by atoms with Gasteiger partial charge in [0.15, 0.2) is 5.60 Å². The lowest BCUT2D eigenvalue weighted by atomic mass is 9.86. The molecule has 0 unspecified atom stereocenters. The monoisotopic (exact) mass is 340 g/mol. The molecular weight excluding hydrogens is 316 g/mol. The number of fused-ring (bicyclic) bond motifs is 4. The summed E-state index contributed by atoms with van der Waals surface area (Å²) in [6.07, 6.45) is 3.35. The molecular formula is C20H24N2O3. The molecule has 1 aromatic carbocycles. The number of hydrogen-bond acceptors (Lipinski definition) is 3. The van der Waals surface area contributed by atoms with Gasteiger partial charge in [0.1, 0.15) is 11.4 Å². The molecule has 0 aliphatic carbocycles. The van der Waals surface area contributed by atoms with Crippen LogP contribution in [0.2, 0.25) is 0 Å². The highest BCUT2D eigenvalue weighted by Gasteiger charge is 2.45. The number of amides is 1. The Morgan fingerprint density at radius 3 is 2.56 bits per heavy atom. The fraction of sp³-hybridized carbons (Fsp3) is 0.450. The van der Waals surface area contributed by atoms with Crippen molar-refractivity contribution in [2.45, 2.75) is 44.8 Å². The van der Waals surface area contributed by atoms with E-state index in [1.165, 1.54) is 0 Å². The predicted octanol–water partition coefficient (Wildman–Crippen LogP) is 4.10. The summed E-state index contributed by atoms with van der Waals surface area (Å²) in [5.74, 6) is 0.900. The summed E-state index contributed by atoms with van der Waals surface area (Å²) in [6, 6.07) is 12.3. The molecule has 132 valence electrons. The van der Waals surface area contributed by atoms with E-state index < -0.39 is 5.60 Å². The molecule has 25 heavy (non-hydrogen) atoms. The third-order valence-electron chi connectivity index (χ3n) is 4.87. The summed E-state index contributed by atoms with van der Waals surface area (Å²) in [6.45, 7) is 6.93. The SMILES string of the molecule is CC(C)(C)OC(=O)N1CCC2(CC1)Oc1ccccc1-n1cccc12. The topological polar surface area (TPSA) is 43.7 Å². The second-order valence-electron chi connectivity index (χ2n) is 7.79. The van der Waals surface area contributed by atoms with Gasteiger partial charge in [0, 0.05) is 32.1 Å². The predicted molar refractivity (Wildman–Crippen MR) is 95.1 cm³/mol. The molecule has 2 aromatic rings. The minimum absolute atomic E-state index is 0.242. The molecule has 0 atom stereocenters. The Morgan fingerprint density at radius 2 is 1.84 bits per heavy atom. The van der Waals surface area contributed by atoms with Crippen LogP contribution >= 0.6 is 0 Å². The number of ether oxygens (including phenoxy) is 2. The number of carbonyl (C=O) groups excluding carboxylic acids is 1. The lowest BCUT2D eigenvalue weighted by Crippen LogP contribution is -2.50. The van der Waals surface area contributed by atoms with Crippen LogP contribution in [-0.4, -0.2) is 34.3 Å². The van der Waals surface area contributed by atoms with E-state index in [0.717, 1.165) is 30.0 Å². The molecule has 3 heterocycles. The zero-order valence-corrected chi connectivity index (χ0v) is 15.0. The molecule has 2 aliphatic rings. The Kier molecular flexibility index (Phi) is 3.56. The molecule has 1 amide bonds. The quantitative estimate of drug-likeness (QED) is 0.725. The highest BCUT2D eigenvalue weighted by Crippen LogP contribution is 2.44. The maximum atomic E-state index is 12.3. The van der Waals surface area contributed by atoms with Gasteiger partial charge >= 0.3 is 6.09 Å². The summed E-state index contributed by atoms with van der Waals surface area (Å²) in [5, 5.41) is 0. The fourth-order valence-corrected chi connectivity index (χ4v) is 3.70. The van der Waals surface area contributed by atoms with Gasteiger partial charge in [0.05, 0.1) is 11.4 Å². The van der Waals surface area contributed by atoms with Crippen molar-refractivity contribution < 1.29 is 14.3 Å². The van der Waals surface area contributed by atoms with E-state index in [0.29, 0.717) is 13.1 Å². The van der Waals surface area contributed by atoms with E-state index in [1.54, 1.807) is 4.90 Å². The van der Waals surface area contributed by atoms with Crippen molar-refractivity contribution in [1.82, 2.24) is 9.47 Å². The Bertz CT molecular complexity index is 795. The number of benzene rings is 1. The maximum absolute atomic E-state index is 12.3. The summed E-state index contributed by atoms with van der Waals surface area (Å²) in [7, 11) is 0. The van der Waals surface area contributed by atoms with E-state index in [1.807, 2.05) is 39.0 Å². The van der Waals surface area contributed by atoms with Crippen LogP contribution in [0.5, 0.6) is 5.75 Å². The van der Waals surface area contributed by atoms with Crippen molar-refractivity contribution in [3.63, 3.8) is 0 Å². The lowest BCUT2D eigenvalue weighted by Gasteiger charge is -2.45. The Hall–Kier alpha value is -2.43. The van der Waals surface area contributed by atoms with Crippen molar-refractivity contribution in [3.05, 3.63) is 48.3 Å². The third-order valence-corrected chi connectivity index (χ3v) is 4.87. The molecule has 1 saturated heterocycles. The number of para-hydroxylation sites is 2. The Balaban J connectivity index is 1.57. The van der Waals surface area contributed by atoms with Gasteiger partial charge in [-0.05, 0) is 45.0 Å². The number of aromatic nitrogens is 1. The van der Waals surface area contributed by atoms with Crippen LogP contribution < -0.4 is 4.74 Å². The van der Waals surface area contributed by atoms with Crippen LogP contribution in [0.15, 0.2) is 42.6 Å². The highest BCUT2D eigenvalue weighted by atomic mass is 16.6. The minimum atomic E-state index is -0.471. The molecule has 5 heteroatoms. The van der Waals surface area contributed by atoms with Crippen LogP contribution in [0, 0.1) is 0 Å². The molecule has 0 bridgehead atoms. The third kappa shape index (κ3) is 2.77. The number of piperidine rings is 1. The minimum Gasteiger partial charge on any atom is -0.479 e. The summed E-state index contributed by atoms with van der Waals surface area (Å²) < 4.78 is 14.2. The fourth-order valence-electron chi connectivity index (χ4n) is 3.70. The molecule has 5 nitrogen and oxygen atoms in total.